The summed E-state index contributed by atoms with van der Waals surface area (Å²) in [4.78, 5) is 13.8. The smallest absolute Gasteiger partial charge is 0.303 e. The van der Waals surface area contributed by atoms with Crippen LogP contribution in [0.3, 0.4) is 0 Å². The standard InChI is InChI=1S/C13H15BrN3O/c1-15-7-8-17(10-15)13(18)16(2)9-11-5-3-4-6-12(11)14/h3-8,10H,9H2,1-2H3/q+1. The van der Waals surface area contributed by atoms with E-state index < -0.39 is 0 Å². The molecule has 0 unspecified atom stereocenters. The Morgan fingerprint density at radius 1 is 1.44 bits per heavy atom. The minimum Gasteiger partial charge on any atom is -0.303 e. The quantitative estimate of drug-likeness (QED) is 0.782. The molecular weight excluding hydrogens is 294 g/mol. The molecule has 1 aromatic carbocycles. The summed E-state index contributed by atoms with van der Waals surface area (Å²) in [5.41, 5.74) is 1.09. The number of amides is 1. The largest absolute Gasteiger partial charge is 0.415 e. The summed E-state index contributed by atoms with van der Waals surface area (Å²) >= 11 is 3.49. The van der Waals surface area contributed by atoms with Crippen molar-refractivity contribution in [1.82, 2.24) is 9.47 Å². The lowest BCUT2D eigenvalue weighted by Crippen LogP contribution is -2.32. The zero-order chi connectivity index (χ0) is 13.1. The highest BCUT2D eigenvalue weighted by Crippen LogP contribution is 2.17. The number of nitrogens with zero attached hydrogens (tertiary/aromatic N) is 3. The average Bonchev–Trinajstić information content (AvgIpc) is 2.78. The molecule has 1 amide bonds. The summed E-state index contributed by atoms with van der Waals surface area (Å²) in [7, 11) is 3.68. The molecule has 0 radical (unpaired) electrons. The third kappa shape index (κ3) is 2.79. The van der Waals surface area contributed by atoms with Crippen molar-refractivity contribution in [3.63, 3.8) is 0 Å². The Hall–Kier alpha value is -1.62. The number of benzene rings is 1. The SMILES string of the molecule is CN(Cc1ccccc1Br)C(=O)n1cc[n+](C)c1. The van der Waals surface area contributed by atoms with Crippen molar-refractivity contribution < 1.29 is 9.36 Å². The molecule has 0 aliphatic carbocycles. The minimum absolute atomic E-state index is 0.0497. The molecule has 5 heteroatoms. The molecule has 4 nitrogen and oxygen atoms in total. The minimum atomic E-state index is -0.0497. The molecule has 0 N–H and O–H groups in total. The van der Waals surface area contributed by atoms with Gasteiger partial charge in [-0.1, -0.05) is 34.1 Å². The molecule has 0 aliphatic heterocycles. The van der Waals surface area contributed by atoms with Gasteiger partial charge in [-0.05, 0) is 11.6 Å². The van der Waals surface area contributed by atoms with Crippen LogP contribution in [0.15, 0.2) is 47.5 Å². The van der Waals surface area contributed by atoms with E-state index >= 15 is 0 Å². The number of aryl methyl sites for hydroxylation is 1. The zero-order valence-corrected chi connectivity index (χ0v) is 12.0. The van der Waals surface area contributed by atoms with Gasteiger partial charge in [-0.3, -0.25) is 0 Å². The molecule has 0 bridgehead atoms. The molecule has 94 valence electrons. The molecule has 0 atom stereocenters. The highest BCUT2D eigenvalue weighted by atomic mass is 79.9. The lowest BCUT2D eigenvalue weighted by molar-refractivity contribution is -0.670. The molecular formula is C13H15BrN3O+. The van der Waals surface area contributed by atoms with Crippen molar-refractivity contribution in [3.8, 4) is 0 Å². The first-order chi connectivity index (χ1) is 8.58. The van der Waals surface area contributed by atoms with Crippen molar-refractivity contribution in [2.75, 3.05) is 7.05 Å². The zero-order valence-electron chi connectivity index (χ0n) is 10.4. The number of rotatable bonds is 2. The van der Waals surface area contributed by atoms with E-state index in [0.717, 1.165) is 10.0 Å². The second kappa shape index (κ2) is 5.35. The van der Waals surface area contributed by atoms with Crippen LogP contribution in [0.1, 0.15) is 5.56 Å². The van der Waals surface area contributed by atoms with Gasteiger partial charge in [0.2, 0.25) is 0 Å². The number of halogens is 1. The van der Waals surface area contributed by atoms with E-state index in [2.05, 4.69) is 15.9 Å². The van der Waals surface area contributed by atoms with Crippen LogP contribution in [0.4, 0.5) is 4.79 Å². The highest BCUT2D eigenvalue weighted by molar-refractivity contribution is 9.10. The Balaban J connectivity index is 2.11. The molecule has 0 fully saturated rings. The van der Waals surface area contributed by atoms with Crippen molar-refractivity contribution in [1.29, 1.82) is 0 Å². The number of carbonyl (C=O) groups excluding carboxylic acids is 1. The lowest BCUT2D eigenvalue weighted by Gasteiger charge is -2.14. The van der Waals surface area contributed by atoms with E-state index in [-0.39, 0.29) is 6.03 Å². The molecule has 1 aromatic heterocycles. The monoisotopic (exact) mass is 308 g/mol. The summed E-state index contributed by atoms with van der Waals surface area (Å²) in [6.07, 6.45) is 5.34. The van der Waals surface area contributed by atoms with E-state index in [9.17, 15) is 4.79 Å². The number of hydrogen-bond donors (Lipinski definition) is 0. The Morgan fingerprint density at radius 2 is 2.17 bits per heavy atom. The summed E-state index contributed by atoms with van der Waals surface area (Å²) < 4.78 is 4.42. The summed E-state index contributed by atoms with van der Waals surface area (Å²) in [5, 5.41) is 0. The van der Waals surface area contributed by atoms with E-state index in [4.69, 9.17) is 0 Å². The fourth-order valence-corrected chi connectivity index (χ4v) is 2.12. The van der Waals surface area contributed by atoms with Crippen LogP contribution < -0.4 is 4.57 Å². The Kier molecular flexibility index (Phi) is 3.81. The number of imidazole rings is 1. The van der Waals surface area contributed by atoms with E-state index in [1.807, 2.05) is 42.1 Å². The summed E-state index contributed by atoms with van der Waals surface area (Å²) in [6, 6.07) is 7.86. The van der Waals surface area contributed by atoms with Crippen molar-refractivity contribution >= 4 is 22.0 Å². The number of aromatic nitrogens is 2. The van der Waals surface area contributed by atoms with Crippen LogP contribution in [0.2, 0.25) is 0 Å². The van der Waals surface area contributed by atoms with Gasteiger partial charge in [-0.15, -0.1) is 0 Å². The maximum absolute atomic E-state index is 12.1. The van der Waals surface area contributed by atoms with Gasteiger partial charge in [0.25, 0.3) is 6.33 Å². The molecule has 2 aromatic rings. The van der Waals surface area contributed by atoms with Gasteiger partial charge < -0.3 is 4.90 Å². The van der Waals surface area contributed by atoms with E-state index in [0.29, 0.717) is 6.54 Å². The van der Waals surface area contributed by atoms with Crippen LogP contribution in [0.25, 0.3) is 0 Å². The lowest BCUT2D eigenvalue weighted by atomic mass is 10.2. The molecule has 0 saturated carbocycles. The van der Waals surface area contributed by atoms with Gasteiger partial charge in [0.15, 0.2) is 0 Å². The van der Waals surface area contributed by atoms with E-state index in [1.54, 1.807) is 29.0 Å². The second-order valence-electron chi connectivity index (χ2n) is 4.22. The van der Waals surface area contributed by atoms with Crippen molar-refractivity contribution in [2.24, 2.45) is 7.05 Å². The maximum Gasteiger partial charge on any atom is 0.415 e. The number of carbonyl (C=O) groups is 1. The Bertz CT molecular complexity index is 565. The van der Waals surface area contributed by atoms with Crippen molar-refractivity contribution in [2.45, 2.75) is 6.54 Å². The van der Waals surface area contributed by atoms with Gasteiger partial charge in [0.05, 0.1) is 13.6 Å². The summed E-state index contributed by atoms with van der Waals surface area (Å²) in [6.45, 7) is 0.572. The van der Waals surface area contributed by atoms with Crippen LogP contribution in [0, 0.1) is 0 Å². The van der Waals surface area contributed by atoms with Crippen LogP contribution in [-0.4, -0.2) is 22.5 Å². The van der Waals surface area contributed by atoms with Crippen LogP contribution in [-0.2, 0) is 13.6 Å². The van der Waals surface area contributed by atoms with Gasteiger partial charge in [-0.2, -0.15) is 4.57 Å². The van der Waals surface area contributed by atoms with Crippen LogP contribution in [0.5, 0.6) is 0 Å². The highest BCUT2D eigenvalue weighted by Gasteiger charge is 2.17. The predicted molar refractivity (Wildman–Crippen MR) is 72.0 cm³/mol. The molecule has 0 aliphatic rings. The molecule has 2 rings (SSSR count). The van der Waals surface area contributed by atoms with Crippen molar-refractivity contribution in [3.05, 3.63) is 53.0 Å². The molecule has 0 spiro atoms. The third-order valence-corrected chi connectivity index (χ3v) is 3.46. The van der Waals surface area contributed by atoms with Gasteiger partial charge in [0, 0.05) is 11.5 Å². The van der Waals surface area contributed by atoms with Gasteiger partial charge in [-0.25, -0.2) is 9.36 Å². The molecule has 0 saturated heterocycles. The first-order valence-electron chi connectivity index (χ1n) is 5.60. The third-order valence-electron chi connectivity index (χ3n) is 2.68. The van der Waals surface area contributed by atoms with E-state index in [1.165, 1.54) is 0 Å². The molecule has 18 heavy (non-hydrogen) atoms. The fourth-order valence-electron chi connectivity index (χ4n) is 1.71. The summed E-state index contributed by atoms with van der Waals surface area (Å²) in [5.74, 6) is 0. The average molecular weight is 309 g/mol. The Morgan fingerprint density at radius 3 is 2.78 bits per heavy atom. The number of hydrogen-bond acceptors (Lipinski definition) is 1. The first-order valence-corrected chi connectivity index (χ1v) is 6.39. The predicted octanol–water partition coefficient (Wildman–Crippen LogP) is 2.18. The maximum atomic E-state index is 12.1. The fraction of sp³-hybridized carbons (Fsp3) is 0.231. The first kappa shape index (κ1) is 12.8. The molecule has 1 heterocycles. The second-order valence-corrected chi connectivity index (χ2v) is 5.07. The van der Waals surface area contributed by atoms with Gasteiger partial charge >= 0.3 is 6.03 Å². The normalized spacial score (nSPS) is 10.4. The van der Waals surface area contributed by atoms with Crippen LogP contribution >= 0.6 is 15.9 Å². The Labute approximate surface area is 115 Å². The van der Waals surface area contributed by atoms with Gasteiger partial charge in [0.1, 0.15) is 12.4 Å². The topological polar surface area (TPSA) is 29.1 Å².